The molecule has 0 fully saturated rings. The molecule has 0 heterocycles. The molecule has 48 valence electrons. The van der Waals surface area contributed by atoms with E-state index in [0.29, 0.717) is 25.7 Å². The summed E-state index contributed by atoms with van der Waals surface area (Å²) in [5.41, 5.74) is 5.10. The maximum atomic E-state index is 9.72. The van der Waals surface area contributed by atoms with E-state index in [1.807, 2.05) is 0 Å². The zero-order valence-corrected chi connectivity index (χ0v) is 4.71. The molecule has 0 aromatic heterocycles. The number of aliphatic hydroxyl groups excluding tert-OH is 1. The minimum absolute atomic E-state index is 0.486. The van der Waals surface area contributed by atoms with Crippen molar-refractivity contribution in [2.24, 2.45) is 5.73 Å². The smallest absolute Gasteiger partial charge is 0.148 e. The fourth-order valence-corrected chi connectivity index (χ4v) is 0.395. The summed E-state index contributed by atoms with van der Waals surface area (Å²) in [5, 5.41) is 8.57. The molecule has 3 nitrogen and oxygen atoms in total. The van der Waals surface area contributed by atoms with Gasteiger partial charge in [-0.2, -0.15) is 0 Å². The van der Waals surface area contributed by atoms with Gasteiger partial charge in [-0.25, -0.2) is 0 Å². The van der Waals surface area contributed by atoms with Crippen LogP contribution in [0.15, 0.2) is 0 Å². The Balaban J connectivity index is 2.98. The zero-order valence-electron chi connectivity index (χ0n) is 4.71. The van der Waals surface area contributed by atoms with Gasteiger partial charge in [-0.1, -0.05) is 0 Å². The standard InChI is InChI=1S/C5H11NO2/c6-3-1-2-5(8)4-7/h4-5,8H,1-3,6H2. The normalized spacial score (nSPS) is 13.2. The molecule has 8 heavy (non-hydrogen) atoms. The molecule has 0 spiro atoms. The molecule has 0 aromatic carbocycles. The van der Waals surface area contributed by atoms with Gasteiger partial charge in [0.15, 0.2) is 0 Å². The first kappa shape index (κ1) is 7.59. The van der Waals surface area contributed by atoms with E-state index in [9.17, 15) is 4.79 Å². The first-order valence-electron chi connectivity index (χ1n) is 2.64. The van der Waals surface area contributed by atoms with Crippen molar-refractivity contribution < 1.29 is 9.90 Å². The lowest BCUT2D eigenvalue weighted by molar-refractivity contribution is -0.115. The van der Waals surface area contributed by atoms with E-state index >= 15 is 0 Å². The second-order valence-corrected chi connectivity index (χ2v) is 1.63. The summed E-state index contributed by atoms with van der Waals surface area (Å²) in [6.45, 7) is 0.533. The van der Waals surface area contributed by atoms with Gasteiger partial charge in [-0.15, -0.1) is 0 Å². The van der Waals surface area contributed by atoms with Crippen molar-refractivity contribution >= 4 is 6.29 Å². The van der Waals surface area contributed by atoms with Gasteiger partial charge >= 0.3 is 0 Å². The lowest BCUT2D eigenvalue weighted by Crippen LogP contribution is -2.10. The maximum Gasteiger partial charge on any atom is 0.148 e. The van der Waals surface area contributed by atoms with E-state index in [2.05, 4.69) is 0 Å². The molecule has 0 aromatic rings. The van der Waals surface area contributed by atoms with Crippen LogP contribution >= 0.6 is 0 Å². The van der Waals surface area contributed by atoms with E-state index in [1.165, 1.54) is 0 Å². The SMILES string of the molecule is NCCCC(O)C=O. The van der Waals surface area contributed by atoms with Crippen molar-refractivity contribution in [2.75, 3.05) is 6.54 Å². The third-order valence-corrected chi connectivity index (χ3v) is 0.861. The summed E-state index contributed by atoms with van der Waals surface area (Å²) in [7, 11) is 0. The Morgan fingerprint density at radius 2 is 2.38 bits per heavy atom. The molecule has 0 aliphatic carbocycles. The number of carbonyl (C=O) groups is 1. The molecule has 3 N–H and O–H groups in total. The number of rotatable bonds is 4. The summed E-state index contributed by atoms with van der Waals surface area (Å²) < 4.78 is 0. The molecule has 3 heteroatoms. The molecule has 0 aliphatic rings. The predicted molar refractivity (Wildman–Crippen MR) is 30.4 cm³/mol. The topological polar surface area (TPSA) is 63.3 Å². The van der Waals surface area contributed by atoms with E-state index in [-0.39, 0.29) is 0 Å². The second kappa shape index (κ2) is 4.74. The number of aldehydes is 1. The first-order valence-corrected chi connectivity index (χ1v) is 2.64. The third kappa shape index (κ3) is 3.77. The highest BCUT2D eigenvalue weighted by molar-refractivity contribution is 5.55. The van der Waals surface area contributed by atoms with Gasteiger partial charge < -0.3 is 15.6 Å². The molecule has 0 saturated heterocycles. The summed E-state index contributed by atoms with van der Waals surface area (Å²) >= 11 is 0. The van der Waals surface area contributed by atoms with Crippen LogP contribution < -0.4 is 5.73 Å². The highest BCUT2D eigenvalue weighted by atomic mass is 16.3. The third-order valence-electron chi connectivity index (χ3n) is 0.861. The molecular weight excluding hydrogens is 106 g/mol. The minimum Gasteiger partial charge on any atom is -0.386 e. The Hall–Kier alpha value is -0.410. The molecule has 1 atom stereocenters. The summed E-state index contributed by atoms with van der Waals surface area (Å²) in [5.74, 6) is 0. The van der Waals surface area contributed by atoms with Crippen LogP contribution in [-0.2, 0) is 4.79 Å². The van der Waals surface area contributed by atoms with Crippen molar-refractivity contribution in [2.45, 2.75) is 18.9 Å². The molecule has 0 amide bonds. The zero-order chi connectivity index (χ0) is 6.41. The van der Waals surface area contributed by atoms with E-state index in [0.717, 1.165) is 0 Å². The van der Waals surface area contributed by atoms with Crippen LogP contribution in [0.1, 0.15) is 12.8 Å². The van der Waals surface area contributed by atoms with Crippen LogP contribution in [0.2, 0.25) is 0 Å². The lowest BCUT2D eigenvalue weighted by Gasteiger charge is -1.97. The van der Waals surface area contributed by atoms with Gasteiger partial charge in [0.05, 0.1) is 0 Å². The molecule has 0 bridgehead atoms. The quantitative estimate of drug-likeness (QED) is 0.478. The van der Waals surface area contributed by atoms with Crippen LogP contribution in [-0.4, -0.2) is 24.0 Å². The number of nitrogens with two attached hydrogens (primary N) is 1. The van der Waals surface area contributed by atoms with Crippen molar-refractivity contribution in [3.05, 3.63) is 0 Å². The Bertz CT molecular complexity index is 65.4. The molecule has 0 rings (SSSR count). The van der Waals surface area contributed by atoms with Crippen molar-refractivity contribution in [1.29, 1.82) is 0 Å². The highest BCUT2D eigenvalue weighted by Gasteiger charge is 1.97. The highest BCUT2D eigenvalue weighted by Crippen LogP contribution is 1.89. The molecule has 0 aliphatic heterocycles. The molecular formula is C5H11NO2. The van der Waals surface area contributed by atoms with Gasteiger partial charge in [0.1, 0.15) is 12.4 Å². The molecule has 0 radical (unpaired) electrons. The molecule has 0 saturated carbocycles. The number of aliphatic hydroxyl groups is 1. The Morgan fingerprint density at radius 1 is 1.75 bits per heavy atom. The first-order chi connectivity index (χ1) is 3.81. The second-order valence-electron chi connectivity index (χ2n) is 1.63. The largest absolute Gasteiger partial charge is 0.386 e. The Morgan fingerprint density at radius 3 is 2.75 bits per heavy atom. The van der Waals surface area contributed by atoms with Crippen LogP contribution in [0.4, 0.5) is 0 Å². The molecule has 1 unspecified atom stereocenters. The van der Waals surface area contributed by atoms with Crippen LogP contribution in [0.5, 0.6) is 0 Å². The summed E-state index contributed by atoms with van der Waals surface area (Å²) in [6, 6.07) is 0. The summed E-state index contributed by atoms with van der Waals surface area (Å²) in [6.07, 6.45) is 0.911. The minimum atomic E-state index is -0.807. The monoisotopic (exact) mass is 117 g/mol. The van der Waals surface area contributed by atoms with E-state index in [1.54, 1.807) is 0 Å². The van der Waals surface area contributed by atoms with Crippen molar-refractivity contribution in [1.82, 2.24) is 0 Å². The van der Waals surface area contributed by atoms with Crippen LogP contribution in [0.25, 0.3) is 0 Å². The number of carbonyl (C=O) groups excluding carboxylic acids is 1. The Labute approximate surface area is 48.5 Å². The fourth-order valence-electron chi connectivity index (χ4n) is 0.395. The Kier molecular flexibility index (Phi) is 4.50. The average molecular weight is 117 g/mol. The van der Waals surface area contributed by atoms with Gasteiger partial charge in [0.2, 0.25) is 0 Å². The maximum absolute atomic E-state index is 9.72. The van der Waals surface area contributed by atoms with Crippen LogP contribution in [0, 0.1) is 0 Å². The van der Waals surface area contributed by atoms with Crippen molar-refractivity contribution in [3.8, 4) is 0 Å². The van der Waals surface area contributed by atoms with E-state index < -0.39 is 6.10 Å². The van der Waals surface area contributed by atoms with E-state index in [4.69, 9.17) is 10.8 Å². The predicted octanol–water partition coefficient (Wildman–Crippen LogP) is -0.715. The van der Waals surface area contributed by atoms with Gasteiger partial charge in [-0.3, -0.25) is 0 Å². The average Bonchev–Trinajstić information content (AvgIpc) is 1.83. The van der Waals surface area contributed by atoms with Crippen molar-refractivity contribution in [3.63, 3.8) is 0 Å². The lowest BCUT2D eigenvalue weighted by atomic mass is 10.2. The van der Waals surface area contributed by atoms with Crippen LogP contribution in [0.3, 0.4) is 0 Å². The number of hydrogen-bond acceptors (Lipinski definition) is 3. The fraction of sp³-hybridized carbons (Fsp3) is 0.800. The van der Waals surface area contributed by atoms with Gasteiger partial charge in [0, 0.05) is 0 Å². The summed E-state index contributed by atoms with van der Waals surface area (Å²) in [4.78, 5) is 9.72. The number of hydrogen-bond donors (Lipinski definition) is 2. The van der Waals surface area contributed by atoms with Gasteiger partial charge in [-0.05, 0) is 19.4 Å². The van der Waals surface area contributed by atoms with Gasteiger partial charge in [0.25, 0.3) is 0 Å².